The third-order valence-corrected chi connectivity index (χ3v) is 3.87. The van der Waals surface area contributed by atoms with Gasteiger partial charge in [0.25, 0.3) is 0 Å². The van der Waals surface area contributed by atoms with E-state index >= 15 is 0 Å². The van der Waals surface area contributed by atoms with E-state index in [4.69, 9.17) is 4.74 Å². The highest BCUT2D eigenvalue weighted by molar-refractivity contribution is 5.68. The van der Waals surface area contributed by atoms with Gasteiger partial charge in [-0.3, -0.25) is 0 Å². The lowest BCUT2D eigenvalue weighted by Gasteiger charge is -2.36. The van der Waals surface area contributed by atoms with Crippen molar-refractivity contribution >= 4 is 6.09 Å². The summed E-state index contributed by atoms with van der Waals surface area (Å²) in [6, 6.07) is 8.77. The van der Waals surface area contributed by atoms with E-state index in [0.717, 1.165) is 19.5 Å². The summed E-state index contributed by atoms with van der Waals surface area (Å²) >= 11 is 0. The van der Waals surface area contributed by atoms with E-state index < -0.39 is 5.60 Å². The Morgan fingerprint density at radius 3 is 2.68 bits per heavy atom. The minimum Gasteiger partial charge on any atom is -0.444 e. The minimum absolute atomic E-state index is 0.124. The van der Waals surface area contributed by atoms with Crippen LogP contribution in [0.5, 0.6) is 0 Å². The van der Waals surface area contributed by atoms with Crippen molar-refractivity contribution in [3.8, 4) is 0 Å². The highest BCUT2D eigenvalue weighted by Crippen LogP contribution is 2.27. The molecule has 1 saturated heterocycles. The molecule has 1 N–H and O–H groups in total. The first-order valence-corrected chi connectivity index (χ1v) is 7.97. The van der Waals surface area contributed by atoms with Crippen molar-refractivity contribution in [2.75, 3.05) is 20.1 Å². The zero-order chi connectivity index (χ0) is 16.3. The SMILES string of the molecule is Cc1cccc(C2CC(NC(=O)OC(C)(C)C)CN(C)C2)c1. The fourth-order valence-electron chi connectivity index (χ4n) is 3.06. The van der Waals surface area contributed by atoms with E-state index in [1.807, 2.05) is 20.8 Å². The molecule has 1 heterocycles. The van der Waals surface area contributed by atoms with Crippen molar-refractivity contribution in [1.82, 2.24) is 10.2 Å². The van der Waals surface area contributed by atoms with Gasteiger partial charge in [-0.25, -0.2) is 4.79 Å². The van der Waals surface area contributed by atoms with Gasteiger partial charge >= 0.3 is 6.09 Å². The number of nitrogens with one attached hydrogen (secondary N) is 1. The number of ether oxygens (including phenoxy) is 1. The average Bonchev–Trinajstić information content (AvgIpc) is 2.35. The Labute approximate surface area is 133 Å². The van der Waals surface area contributed by atoms with Gasteiger partial charge in [0.2, 0.25) is 0 Å². The second-order valence-corrected chi connectivity index (χ2v) is 7.41. The Morgan fingerprint density at radius 2 is 2.05 bits per heavy atom. The third kappa shape index (κ3) is 5.02. The number of hydrogen-bond acceptors (Lipinski definition) is 3. The summed E-state index contributed by atoms with van der Waals surface area (Å²) in [5.74, 6) is 0.443. The topological polar surface area (TPSA) is 41.6 Å². The van der Waals surface area contributed by atoms with Crippen LogP contribution in [0.3, 0.4) is 0 Å². The predicted molar refractivity (Wildman–Crippen MR) is 89.2 cm³/mol. The molecule has 1 aromatic rings. The second-order valence-electron chi connectivity index (χ2n) is 7.41. The van der Waals surface area contributed by atoms with E-state index in [-0.39, 0.29) is 12.1 Å². The Hall–Kier alpha value is -1.55. The highest BCUT2D eigenvalue weighted by atomic mass is 16.6. The van der Waals surface area contributed by atoms with Crippen LogP contribution in [-0.4, -0.2) is 42.8 Å². The molecule has 2 rings (SSSR count). The summed E-state index contributed by atoms with van der Waals surface area (Å²) in [5, 5.41) is 3.02. The maximum absolute atomic E-state index is 12.0. The first kappa shape index (κ1) is 16.8. The van der Waals surface area contributed by atoms with Crippen LogP contribution in [0.1, 0.15) is 44.2 Å². The lowest BCUT2D eigenvalue weighted by atomic mass is 9.87. The number of nitrogens with zero attached hydrogens (tertiary/aromatic N) is 1. The lowest BCUT2D eigenvalue weighted by molar-refractivity contribution is 0.0473. The first-order valence-electron chi connectivity index (χ1n) is 7.97. The normalized spacial score (nSPS) is 23.1. The van der Waals surface area contributed by atoms with Crippen LogP contribution in [0.15, 0.2) is 24.3 Å². The number of likely N-dealkylation sites (N-methyl/N-ethyl adjacent to an activating group) is 1. The van der Waals surface area contributed by atoms with E-state index in [1.54, 1.807) is 0 Å². The number of alkyl carbamates (subject to hydrolysis) is 1. The Balaban J connectivity index is 2.00. The summed E-state index contributed by atoms with van der Waals surface area (Å²) in [6.07, 6.45) is 0.628. The molecule has 1 aliphatic rings. The molecule has 2 atom stereocenters. The molecule has 1 fully saturated rings. The molecule has 0 aliphatic carbocycles. The maximum atomic E-state index is 12.0. The van der Waals surface area contributed by atoms with Crippen molar-refractivity contribution < 1.29 is 9.53 Å². The van der Waals surface area contributed by atoms with Crippen LogP contribution < -0.4 is 5.32 Å². The minimum atomic E-state index is -0.458. The number of amides is 1. The number of rotatable bonds is 2. The Morgan fingerprint density at radius 1 is 1.32 bits per heavy atom. The van der Waals surface area contributed by atoms with E-state index in [0.29, 0.717) is 5.92 Å². The van der Waals surface area contributed by atoms with Crippen molar-refractivity contribution in [2.24, 2.45) is 0 Å². The van der Waals surface area contributed by atoms with Crippen LogP contribution in [0.4, 0.5) is 4.79 Å². The summed E-state index contributed by atoms with van der Waals surface area (Å²) in [6.45, 7) is 9.66. The number of carbonyl (C=O) groups is 1. The number of likely N-dealkylation sites (tertiary alicyclic amines) is 1. The van der Waals surface area contributed by atoms with Gasteiger partial charge in [0.15, 0.2) is 0 Å². The molecule has 122 valence electrons. The van der Waals surface area contributed by atoms with Crippen LogP contribution in [0.25, 0.3) is 0 Å². The van der Waals surface area contributed by atoms with Gasteiger partial charge in [0, 0.05) is 19.1 Å². The lowest BCUT2D eigenvalue weighted by Crippen LogP contribution is -2.49. The molecule has 1 amide bonds. The van der Waals surface area contributed by atoms with Gasteiger partial charge in [-0.2, -0.15) is 0 Å². The fourth-order valence-corrected chi connectivity index (χ4v) is 3.06. The number of aryl methyl sites for hydroxylation is 1. The predicted octanol–water partition coefficient (Wildman–Crippen LogP) is 3.31. The van der Waals surface area contributed by atoms with Gasteiger partial charge in [-0.15, -0.1) is 0 Å². The van der Waals surface area contributed by atoms with Gasteiger partial charge in [-0.05, 0) is 52.6 Å². The summed E-state index contributed by atoms with van der Waals surface area (Å²) in [7, 11) is 2.10. The molecule has 0 aromatic heterocycles. The molecular weight excluding hydrogens is 276 g/mol. The smallest absolute Gasteiger partial charge is 0.407 e. The van der Waals surface area contributed by atoms with E-state index in [9.17, 15) is 4.79 Å². The molecule has 0 spiro atoms. The van der Waals surface area contributed by atoms with Crippen molar-refractivity contribution in [3.63, 3.8) is 0 Å². The van der Waals surface area contributed by atoms with E-state index in [2.05, 4.69) is 48.5 Å². The second kappa shape index (κ2) is 6.69. The van der Waals surface area contributed by atoms with Crippen molar-refractivity contribution in [1.29, 1.82) is 0 Å². The molecule has 4 nitrogen and oxygen atoms in total. The van der Waals surface area contributed by atoms with Gasteiger partial charge < -0.3 is 15.0 Å². The quantitative estimate of drug-likeness (QED) is 0.911. The molecule has 0 bridgehead atoms. The number of piperidine rings is 1. The fraction of sp³-hybridized carbons (Fsp3) is 0.611. The molecule has 2 unspecified atom stereocenters. The van der Waals surface area contributed by atoms with Gasteiger partial charge in [-0.1, -0.05) is 29.8 Å². The largest absolute Gasteiger partial charge is 0.444 e. The molecular formula is C18H28N2O2. The van der Waals surface area contributed by atoms with Crippen molar-refractivity contribution in [2.45, 2.75) is 51.7 Å². The van der Waals surface area contributed by atoms with Crippen LogP contribution in [0, 0.1) is 6.92 Å². The molecule has 1 aromatic carbocycles. The Bertz CT molecular complexity index is 522. The standard InChI is InChI=1S/C18H28N2O2/c1-13-7-6-8-14(9-13)15-10-16(12-20(5)11-15)19-17(21)22-18(2,3)4/h6-9,15-16H,10-12H2,1-5H3,(H,19,21). The van der Waals surface area contributed by atoms with E-state index in [1.165, 1.54) is 11.1 Å². The maximum Gasteiger partial charge on any atom is 0.407 e. The summed E-state index contributed by atoms with van der Waals surface area (Å²) in [4.78, 5) is 14.3. The highest BCUT2D eigenvalue weighted by Gasteiger charge is 2.28. The van der Waals surface area contributed by atoms with Gasteiger partial charge in [0.1, 0.15) is 5.60 Å². The van der Waals surface area contributed by atoms with Gasteiger partial charge in [0.05, 0.1) is 0 Å². The molecule has 0 radical (unpaired) electrons. The number of carbonyl (C=O) groups excluding carboxylic acids is 1. The molecule has 1 aliphatic heterocycles. The third-order valence-electron chi connectivity index (χ3n) is 3.87. The average molecular weight is 304 g/mol. The monoisotopic (exact) mass is 304 g/mol. The number of hydrogen-bond donors (Lipinski definition) is 1. The van der Waals surface area contributed by atoms with Crippen molar-refractivity contribution in [3.05, 3.63) is 35.4 Å². The zero-order valence-corrected chi connectivity index (χ0v) is 14.3. The first-order chi connectivity index (χ1) is 10.2. The summed E-state index contributed by atoms with van der Waals surface area (Å²) < 4.78 is 5.37. The van der Waals surface area contributed by atoms with Crippen LogP contribution in [0.2, 0.25) is 0 Å². The van der Waals surface area contributed by atoms with Crippen LogP contribution >= 0.6 is 0 Å². The molecule has 22 heavy (non-hydrogen) atoms. The molecule has 0 saturated carbocycles. The number of benzene rings is 1. The Kier molecular flexibility index (Phi) is 5.12. The summed E-state index contributed by atoms with van der Waals surface area (Å²) in [5.41, 5.74) is 2.17. The molecule has 4 heteroatoms. The van der Waals surface area contributed by atoms with Crippen LogP contribution in [-0.2, 0) is 4.74 Å². The zero-order valence-electron chi connectivity index (χ0n) is 14.3.